The number of ether oxygens (including phenoxy) is 1. The molecule has 5 heteroatoms. The van der Waals surface area contributed by atoms with Gasteiger partial charge in [0.05, 0.1) is 19.3 Å². The summed E-state index contributed by atoms with van der Waals surface area (Å²) in [5, 5.41) is 3.69. The van der Waals surface area contributed by atoms with E-state index in [0.717, 1.165) is 31.6 Å². The van der Waals surface area contributed by atoms with Crippen molar-refractivity contribution < 1.29 is 9.53 Å². The molecule has 1 saturated heterocycles. The van der Waals surface area contributed by atoms with Crippen LogP contribution in [0.1, 0.15) is 24.8 Å². The molecule has 2 atom stereocenters. The van der Waals surface area contributed by atoms with Gasteiger partial charge >= 0.3 is 0 Å². The third-order valence-electron chi connectivity index (χ3n) is 4.35. The van der Waals surface area contributed by atoms with Gasteiger partial charge in [0.1, 0.15) is 0 Å². The van der Waals surface area contributed by atoms with Crippen molar-refractivity contribution in [1.82, 2.24) is 10.2 Å². The zero-order chi connectivity index (χ0) is 14.7. The molecule has 0 bridgehead atoms. The summed E-state index contributed by atoms with van der Waals surface area (Å²) in [5.41, 5.74) is 1.06. The van der Waals surface area contributed by atoms with Crippen molar-refractivity contribution in [3.05, 3.63) is 34.9 Å². The summed E-state index contributed by atoms with van der Waals surface area (Å²) in [5.74, 6) is 0.0810. The van der Waals surface area contributed by atoms with E-state index in [-0.39, 0.29) is 5.91 Å². The summed E-state index contributed by atoms with van der Waals surface area (Å²) in [7, 11) is 0. The van der Waals surface area contributed by atoms with Gasteiger partial charge in [0.2, 0.25) is 5.91 Å². The van der Waals surface area contributed by atoms with Gasteiger partial charge in [0.15, 0.2) is 0 Å². The third-order valence-corrected chi connectivity index (χ3v) is 4.60. The number of halogens is 1. The summed E-state index contributed by atoms with van der Waals surface area (Å²) in [6, 6.07) is 7.98. The minimum atomic E-state index is 0.0810. The van der Waals surface area contributed by atoms with Gasteiger partial charge in [-0.25, -0.2) is 0 Å². The quantitative estimate of drug-likeness (QED) is 0.927. The topological polar surface area (TPSA) is 41.6 Å². The predicted octanol–water partition coefficient (Wildman–Crippen LogP) is 2.21. The Kier molecular flexibility index (Phi) is 4.78. The average molecular weight is 309 g/mol. The van der Waals surface area contributed by atoms with Crippen molar-refractivity contribution in [2.75, 3.05) is 19.7 Å². The minimum absolute atomic E-state index is 0.0810. The maximum Gasteiger partial charge on any atom is 0.234 e. The fourth-order valence-corrected chi connectivity index (χ4v) is 3.37. The van der Waals surface area contributed by atoms with E-state index >= 15 is 0 Å². The molecule has 114 valence electrons. The van der Waals surface area contributed by atoms with Crippen molar-refractivity contribution in [1.29, 1.82) is 0 Å². The molecule has 0 spiro atoms. The van der Waals surface area contributed by atoms with Crippen LogP contribution in [0.5, 0.6) is 0 Å². The zero-order valence-electron chi connectivity index (χ0n) is 12.1. The molecular weight excluding hydrogens is 288 g/mol. The fourth-order valence-electron chi connectivity index (χ4n) is 3.25. The molecule has 1 saturated carbocycles. The van der Waals surface area contributed by atoms with E-state index in [0.29, 0.717) is 30.3 Å². The highest BCUT2D eigenvalue weighted by molar-refractivity contribution is 6.30. The van der Waals surface area contributed by atoms with Gasteiger partial charge < -0.3 is 10.1 Å². The Hall–Kier alpha value is -1.10. The van der Waals surface area contributed by atoms with E-state index in [4.69, 9.17) is 16.3 Å². The van der Waals surface area contributed by atoms with Crippen LogP contribution in [0.25, 0.3) is 0 Å². The van der Waals surface area contributed by atoms with Crippen LogP contribution >= 0.6 is 11.6 Å². The molecule has 0 unspecified atom stereocenters. The highest BCUT2D eigenvalue weighted by Gasteiger charge is 2.36. The maximum absolute atomic E-state index is 12.1. The monoisotopic (exact) mass is 308 g/mol. The largest absolute Gasteiger partial charge is 0.375 e. The van der Waals surface area contributed by atoms with Crippen LogP contribution in [0.2, 0.25) is 5.02 Å². The summed E-state index contributed by atoms with van der Waals surface area (Å²) in [4.78, 5) is 14.4. The molecular formula is C16H21ClN2O2. The number of fused-ring (bicyclic) bond motifs is 1. The number of nitrogens with one attached hydrogen (secondary N) is 1. The molecule has 4 nitrogen and oxygen atoms in total. The van der Waals surface area contributed by atoms with Crippen LogP contribution in [0.15, 0.2) is 24.3 Å². The van der Waals surface area contributed by atoms with Crippen molar-refractivity contribution in [2.24, 2.45) is 0 Å². The lowest BCUT2D eigenvalue weighted by Gasteiger charge is -2.37. The van der Waals surface area contributed by atoms with Crippen molar-refractivity contribution >= 4 is 17.5 Å². The number of rotatable bonds is 4. The summed E-state index contributed by atoms with van der Waals surface area (Å²) < 4.78 is 5.77. The normalized spacial score (nSPS) is 25.6. The molecule has 1 aliphatic carbocycles. The van der Waals surface area contributed by atoms with E-state index in [2.05, 4.69) is 10.2 Å². The Morgan fingerprint density at radius 1 is 1.33 bits per heavy atom. The number of hydrogen-bond acceptors (Lipinski definition) is 3. The molecule has 0 aromatic heterocycles. The second-order valence-electron chi connectivity index (χ2n) is 5.78. The van der Waals surface area contributed by atoms with E-state index in [1.165, 1.54) is 6.42 Å². The molecule has 21 heavy (non-hydrogen) atoms. The Bertz CT molecular complexity index is 492. The first-order chi connectivity index (χ1) is 10.2. The second kappa shape index (κ2) is 6.77. The van der Waals surface area contributed by atoms with E-state index in [1.807, 2.05) is 24.3 Å². The van der Waals surface area contributed by atoms with E-state index < -0.39 is 0 Å². The lowest BCUT2D eigenvalue weighted by atomic mass is 10.1. The molecule has 0 radical (unpaired) electrons. The first-order valence-corrected chi connectivity index (χ1v) is 7.97. The lowest BCUT2D eigenvalue weighted by molar-refractivity contribution is -0.126. The van der Waals surface area contributed by atoms with Crippen LogP contribution in [-0.2, 0) is 16.1 Å². The van der Waals surface area contributed by atoms with Crippen LogP contribution < -0.4 is 5.32 Å². The Balaban J connectivity index is 1.48. The molecule has 1 heterocycles. The molecule has 3 rings (SSSR count). The van der Waals surface area contributed by atoms with Gasteiger partial charge in [-0.05, 0) is 37.0 Å². The molecule has 1 N–H and O–H groups in total. The van der Waals surface area contributed by atoms with Gasteiger partial charge in [-0.3, -0.25) is 9.69 Å². The summed E-state index contributed by atoms with van der Waals surface area (Å²) in [6.45, 7) is 2.62. The van der Waals surface area contributed by atoms with Crippen LogP contribution in [0.4, 0.5) is 0 Å². The van der Waals surface area contributed by atoms with Crippen LogP contribution in [0.3, 0.4) is 0 Å². The van der Waals surface area contributed by atoms with E-state index in [9.17, 15) is 4.79 Å². The highest BCUT2D eigenvalue weighted by Crippen LogP contribution is 2.29. The second-order valence-corrected chi connectivity index (χ2v) is 6.22. The standard InChI is InChI=1S/C16H21ClN2O2/c17-13-6-4-12(5-7-13)10-18-16(20)11-19-8-9-21-15-3-1-2-14(15)19/h4-7,14-15H,1-3,8-11H2,(H,18,20)/t14-,15-/m0/s1. The smallest absolute Gasteiger partial charge is 0.234 e. The zero-order valence-corrected chi connectivity index (χ0v) is 12.8. The fraction of sp³-hybridized carbons (Fsp3) is 0.562. The number of carbonyl (C=O) groups is 1. The molecule has 2 aliphatic rings. The Morgan fingerprint density at radius 3 is 2.95 bits per heavy atom. The third kappa shape index (κ3) is 3.76. The summed E-state index contributed by atoms with van der Waals surface area (Å²) >= 11 is 5.85. The Labute approximate surface area is 130 Å². The number of nitrogens with zero attached hydrogens (tertiary/aromatic N) is 1. The number of benzene rings is 1. The Morgan fingerprint density at radius 2 is 2.14 bits per heavy atom. The molecule has 1 amide bonds. The maximum atomic E-state index is 12.1. The number of carbonyl (C=O) groups excluding carboxylic acids is 1. The summed E-state index contributed by atoms with van der Waals surface area (Å²) in [6.07, 6.45) is 3.82. The van der Waals surface area contributed by atoms with E-state index in [1.54, 1.807) is 0 Å². The number of amides is 1. The van der Waals surface area contributed by atoms with Crippen molar-refractivity contribution in [3.63, 3.8) is 0 Å². The van der Waals surface area contributed by atoms with Crippen molar-refractivity contribution in [2.45, 2.75) is 38.0 Å². The average Bonchev–Trinajstić information content (AvgIpc) is 2.96. The lowest BCUT2D eigenvalue weighted by Crippen LogP contribution is -2.51. The first-order valence-electron chi connectivity index (χ1n) is 7.59. The minimum Gasteiger partial charge on any atom is -0.375 e. The number of hydrogen-bond donors (Lipinski definition) is 1. The highest BCUT2D eigenvalue weighted by atomic mass is 35.5. The van der Waals surface area contributed by atoms with Gasteiger partial charge in [0, 0.05) is 24.2 Å². The van der Waals surface area contributed by atoms with Gasteiger partial charge in [-0.15, -0.1) is 0 Å². The SMILES string of the molecule is O=C(CN1CCO[C@H]2CCC[C@@H]21)NCc1ccc(Cl)cc1. The van der Waals surface area contributed by atoms with Gasteiger partial charge in [-0.1, -0.05) is 23.7 Å². The van der Waals surface area contributed by atoms with Crippen LogP contribution in [0, 0.1) is 0 Å². The molecule has 1 aliphatic heterocycles. The molecule has 2 fully saturated rings. The predicted molar refractivity (Wildman–Crippen MR) is 82.3 cm³/mol. The first kappa shape index (κ1) is 14.8. The molecule has 1 aromatic carbocycles. The molecule has 1 aromatic rings. The van der Waals surface area contributed by atoms with Crippen LogP contribution in [-0.4, -0.2) is 42.6 Å². The number of morpholine rings is 1. The van der Waals surface area contributed by atoms with Crippen molar-refractivity contribution in [3.8, 4) is 0 Å². The van der Waals surface area contributed by atoms with Gasteiger partial charge in [0.25, 0.3) is 0 Å². The van der Waals surface area contributed by atoms with Gasteiger partial charge in [-0.2, -0.15) is 0 Å².